The molecule has 108 heavy (non-hydrogen) atoms. The van der Waals surface area contributed by atoms with E-state index < -0.39 is 173 Å². The SMILES string of the molecule is CC(=O)O[C@H]1C(=O)[C@]2(C)[C@@H](OC(=O)N(C)CCN(C)C(=O)OCc3ccc(NC(=O)[C@H](CCCNC(N)=O)NC(=O)[C@@H](NC(=O)CCC(=O)C(C)C)C(C)C)cc3)C[C@H]3OC[C@@]3(OC(C)=O)[C@H]2[C@H](OC(=O)c2ccccc2)[C@]2(O)C[C@H](OC(=O)[C@H](O)[C@@H](NC(=O)c3ccccc3)c3ccccc3)C(C)=C1C2(C)C. The smallest absolute Gasteiger partial charge is 0.409 e. The molecule has 30 heteroatoms. The molecule has 30 nitrogen and oxygen atoms in total. The van der Waals surface area contributed by atoms with E-state index in [0.29, 0.717) is 16.8 Å². The minimum Gasteiger partial charge on any atom is -0.456 e. The largest absolute Gasteiger partial charge is 0.456 e. The van der Waals surface area contributed by atoms with Gasteiger partial charge in [-0.3, -0.25) is 38.4 Å². The molecule has 0 aromatic heterocycles. The molecule has 0 unspecified atom stereocenters. The second-order valence-electron chi connectivity index (χ2n) is 29.2. The zero-order chi connectivity index (χ0) is 79.3. The maximum Gasteiger partial charge on any atom is 0.409 e. The molecule has 4 aromatic rings. The summed E-state index contributed by atoms with van der Waals surface area (Å²) in [7, 11) is 2.75. The Hall–Kier alpha value is -10.6. The number of nitrogens with zero attached hydrogens (tertiary/aromatic N) is 2. The molecule has 8 amide bonds. The highest BCUT2D eigenvalue weighted by atomic mass is 16.6. The molecular weight excluding hydrogens is 1400 g/mol. The highest BCUT2D eigenvalue weighted by Gasteiger charge is 2.79. The van der Waals surface area contributed by atoms with Crippen molar-refractivity contribution < 1.29 is 106 Å². The second kappa shape index (κ2) is 35.4. The van der Waals surface area contributed by atoms with E-state index in [2.05, 4.69) is 26.6 Å². The van der Waals surface area contributed by atoms with E-state index in [-0.39, 0.29) is 92.3 Å². The van der Waals surface area contributed by atoms with Gasteiger partial charge >= 0.3 is 42.1 Å². The lowest BCUT2D eigenvalue weighted by molar-refractivity contribution is -0.345. The standard InChI is InChI=1S/C78H98N8O22/c1-43(2)54(89)34-35-58(90)83-60(44(3)4)69(95)82-53(29-22-36-80-72(79)98)68(94)81-52-32-30-48(31-33-52)41-102-73(99)85(11)37-38-86(12)74(100)106-56-39-57-77(42-103-57,108-47(7)88)64-66(107-70(96)51-27-20-15-21-28-51)78(101)40-55(45(5)59(75(78,8)9)63(104-46(6)87)65(92)76(56,64)10)105-71(97)62(91)61(49-23-16-13-17-24-49)84-67(93)50-25-18-14-19-26-50/h13-21,23-28,30-33,43-44,53,55-57,60-64,66,91,101H,22,29,34-42H2,1-12H3,(H,81,94)(H,82,95)(H,83,90)(H,84,93)(H3,79,80,98)/t53-,55-,56-,57+,60-,61-,62+,63+,64-,66-,76+,77-,78+/m0/s1. The van der Waals surface area contributed by atoms with E-state index in [1.807, 2.05) is 0 Å². The zero-order valence-electron chi connectivity index (χ0n) is 62.7. The number of aliphatic hydroxyl groups excluding tert-OH is 1. The third kappa shape index (κ3) is 18.8. The van der Waals surface area contributed by atoms with Crippen molar-refractivity contribution in [3.63, 3.8) is 0 Å². The maximum atomic E-state index is 16.6. The average molecular weight is 1500 g/mol. The molecule has 2 bridgehead atoms. The monoisotopic (exact) mass is 1500 g/mol. The zero-order valence-corrected chi connectivity index (χ0v) is 62.7. The van der Waals surface area contributed by atoms with Crippen molar-refractivity contribution >= 4 is 83.0 Å². The van der Waals surface area contributed by atoms with Gasteiger partial charge in [0.1, 0.15) is 54.5 Å². The Bertz CT molecular complexity index is 4030. The number of urea groups is 1. The number of carbonyl (C=O) groups excluding carboxylic acids is 13. The van der Waals surface area contributed by atoms with Crippen LogP contribution in [0.15, 0.2) is 126 Å². The van der Waals surface area contributed by atoms with Crippen LogP contribution in [0.2, 0.25) is 0 Å². The first-order chi connectivity index (χ1) is 50.9. The molecular formula is C78H98N8O22. The summed E-state index contributed by atoms with van der Waals surface area (Å²) in [5.41, 5.74) is -2.33. The summed E-state index contributed by atoms with van der Waals surface area (Å²) in [5.74, 6) is -10.3. The lowest BCUT2D eigenvalue weighted by Crippen LogP contribution is -2.82. The molecule has 13 atom stereocenters. The van der Waals surface area contributed by atoms with Gasteiger partial charge in [-0.15, -0.1) is 0 Å². The summed E-state index contributed by atoms with van der Waals surface area (Å²) in [5, 5.41) is 39.7. The van der Waals surface area contributed by atoms with Gasteiger partial charge in [-0.1, -0.05) is 120 Å². The van der Waals surface area contributed by atoms with E-state index in [9.17, 15) is 67.7 Å². The first-order valence-electron chi connectivity index (χ1n) is 35.8. The minimum absolute atomic E-state index is 0.00709. The molecule has 2 saturated carbocycles. The number of nitrogens with two attached hydrogens (primary N) is 1. The highest BCUT2D eigenvalue weighted by molar-refractivity contribution is 5.99. The Kier molecular flexibility index (Phi) is 27.2. The van der Waals surface area contributed by atoms with Crippen molar-refractivity contribution in [3.8, 4) is 0 Å². The van der Waals surface area contributed by atoms with Gasteiger partial charge in [-0.25, -0.2) is 24.0 Å². The topological polar surface area (TPSA) is 420 Å². The van der Waals surface area contributed by atoms with Gasteiger partial charge in [-0.2, -0.15) is 0 Å². The van der Waals surface area contributed by atoms with Crippen molar-refractivity contribution in [1.82, 2.24) is 31.1 Å². The quantitative estimate of drug-likeness (QED) is 0.0126. The van der Waals surface area contributed by atoms with Crippen LogP contribution < -0.4 is 32.3 Å². The van der Waals surface area contributed by atoms with Crippen LogP contribution in [0.4, 0.5) is 20.1 Å². The first-order valence-corrected chi connectivity index (χ1v) is 35.8. The van der Waals surface area contributed by atoms with Gasteiger partial charge in [-0.05, 0) is 91.3 Å². The Morgan fingerprint density at radius 2 is 1.31 bits per heavy atom. The Labute approximate surface area is 626 Å². The number of hydrogen-bond donors (Lipinski definition) is 8. The summed E-state index contributed by atoms with van der Waals surface area (Å²) in [4.78, 5) is 182. The van der Waals surface area contributed by atoms with Crippen LogP contribution in [0.1, 0.15) is 146 Å². The fourth-order valence-electron chi connectivity index (χ4n) is 14.5. The Morgan fingerprint density at radius 3 is 1.88 bits per heavy atom. The molecule has 1 heterocycles. The van der Waals surface area contributed by atoms with Crippen LogP contribution in [-0.4, -0.2) is 198 Å². The number of anilines is 1. The van der Waals surface area contributed by atoms with Crippen LogP contribution in [0, 0.1) is 28.6 Å². The molecule has 3 aliphatic carbocycles. The van der Waals surface area contributed by atoms with E-state index in [0.717, 1.165) is 18.7 Å². The predicted octanol–water partition coefficient (Wildman–Crippen LogP) is 6.10. The predicted molar refractivity (Wildman–Crippen MR) is 387 cm³/mol. The number of Topliss-reactive ketones (excluding diaryl/α,β-unsaturated/α-hetero) is 2. The van der Waals surface area contributed by atoms with Crippen LogP contribution in [0.3, 0.4) is 0 Å². The summed E-state index contributed by atoms with van der Waals surface area (Å²) in [6.07, 6.45) is -13.6. The molecule has 1 saturated heterocycles. The maximum absolute atomic E-state index is 16.6. The Balaban J connectivity index is 1.02. The fraction of sp³-hybridized carbons (Fsp3) is 0.500. The minimum atomic E-state index is -2.59. The number of carbonyl (C=O) groups is 13. The second-order valence-corrected chi connectivity index (χ2v) is 29.2. The number of primary amides is 1. The normalized spacial score (nSPS) is 23.5. The number of likely N-dealkylation sites (N-methyl/N-ethyl adjacent to an activating group) is 2. The summed E-state index contributed by atoms with van der Waals surface area (Å²) in [6, 6.07) is 25.5. The number of esters is 4. The van der Waals surface area contributed by atoms with Crippen LogP contribution in [0.25, 0.3) is 0 Å². The number of ether oxygens (including phenoxy) is 7. The number of rotatable bonds is 30. The van der Waals surface area contributed by atoms with Crippen molar-refractivity contribution in [1.29, 1.82) is 0 Å². The van der Waals surface area contributed by atoms with Crippen LogP contribution in [0.5, 0.6) is 0 Å². The average Bonchev–Trinajstić information content (AvgIpc) is 0.667. The first kappa shape index (κ1) is 83.1. The highest BCUT2D eigenvalue weighted by Crippen LogP contribution is 2.65. The number of benzene rings is 4. The van der Waals surface area contributed by atoms with E-state index in [1.54, 1.807) is 107 Å². The van der Waals surface area contributed by atoms with E-state index in [4.69, 9.17) is 38.9 Å². The van der Waals surface area contributed by atoms with Gasteiger partial charge < -0.3 is 85.5 Å². The van der Waals surface area contributed by atoms with Crippen molar-refractivity contribution in [2.24, 2.45) is 34.3 Å². The summed E-state index contributed by atoms with van der Waals surface area (Å²) < 4.78 is 43.4. The van der Waals surface area contributed by atoms with Gasteiger partial charge in [0.15, 0.2) is 23.6 Å². The lowest BCUT2D eigenvalue weighted by atomic mass is 9.44. The van der Waals surface area contributed by atoms with Gasteiger partial charge in [0.2, 0.25) is 17.7 Å². The third-order valence-corrected chi connectivity index (χ3v) is 20.8. The van der Waals surface area contributed by atoms with Crippen molar-refractivity contribution in [3.05, 3.63) is 149 Å². The van der Waals surface area contributed by atoms with E-state index >= 15 is 4.79 Å². The molecule has 4 aromatic carbocycles. The number of amides is 8. The lowest BCUT2D eigenvalue weighted by Gasteiger charge is -2.67. The number of nitrogens with one attached hydrogen (secondary N) is 5. The van der Waals surface area contributed by atoms with Gasteiger partial charge in [0.25, 0.3) is 5.91 Å². The van der Waals surface area contributed by atoms with Crippen LogP contribution in [-0.2, 0) is 78.1 Å². The number of hydrogen-bond acceptors (Lipinski definition) is 22. The molecule has 9 N–H and O–H groups in total. The van der Waals surface area contributed by atoms with Gasteiger partial charge in [0.05, 0.1) is 29.5 Å². The molecule has 4 aliphatic rings. The molecule has 582 valence electrons. The molecule has 0 spiro atoms. The molecule has 8 rings (SSSR count). The number of fused-ring (bicyclic) bond motifs is 5. The number of ketones is 2. The van der Waals surface area contributed by atoms with Crippen molar-refractivity contribution in [2.45, 2.75) is 180 Å². The molecule has 1 aliphatic heterocycles. The number of aliphatic hydroxyl groups is 2. The van der Waals surface area contributed by atoms with E-state index in [1.165, 1.54) is 83.1 Å². The Morgan fingerprint density at radius 1 is 0.713 bits per heavy atom. The van der Waals surface area contributed by atoms with Crippen LogP contribution >= 0.6 is 0 Å². The molecule has 0 radical (unpaired) electrons. The summed E-state index contributed by atoms with van der Waals surface area (Å²) >= 11 is 0. The summed E-state index contributed by atoms with van der Waals surface area (Å²) in [6.45, 7) is 13.8. The molecule has 3 fully saturated rings. The third-order valence-electron chi connectivity index (χ3n) is 20.8. The van der Waals surface area contributed by atoms with Crippen molar-refractivity contribution in [2.75, 3.05) is 45.7 Å². The van der Waals surface area contributed by atoms with Gasteiger partial charge in [0, 0.05) is 95.8 Å². The fourth-order valence-corrected chi connectivity index (χ4v) is 14.5.